The van der Waals surface area contributed by atoms with Gasteiger partial charge in [0, 0.05) is 12.3 Å². The van der Waals surface area contributed by atoms with Crippen LogP contribution in [0.15, 0.2) is 6.07 Å². The Morgan fingerprint density at radius 1 is 1.24 bits per heavy atom. The van der Waals surface area contributed by atoms with Gasteiger partial charge in [-0.25, -0.2) is 4.98 Å². The monoisotopic (exact) mass is 240 g/mol. The largest absolute Gasteiger partial charge is 0.461 e. The summed E-state index contributed by atoms with van der Waals surface area (Å²) in [6.07, 6.45) is 2.19. The van der Waals surface area contributed by atoms with Crippen LogP contribution in [0.4, 0.5) is 0 Å². The van der Waals surface area contributed by atoms with E-state index in [1.807, 2.05) is 6.92 Å². The Balaban J connectivity index is 2.28. The molecule has 0 saturated heterocycles. The van der Waals surface area contributed by atoms with Crippen molar-refractivity contribution in [3.8, 4) is 6.01 Å². The van der Waals surface area contributed by atoms with Crippen LogP contribution in [-0.2, 0) is 11.3 Å². The molecular weight excluding hydrogens is 220 g/mol. The lowest BCUT2D eigenvalue weighted by atomic mass is 10.3. The third kappa shape index (κ3) is 5.60. The number of aromatic nitrogens is 2. The van der Waals surface area contributed by atoms with E-state index in [1.165, 1.54) is 0 Å². The van der Waals surface area contributed by atoms with Crippen LogP contribution in [0.3, 0.4) is 0 Å². The van der Waals surface area contributed by atoms with Crippen LogP contribution in [0.25, 0.3) is 0 Å². The number of nitrogens with zero attached hydrogens (tertiary/aromatic N) is 2. The van der Waals surface area contributed by atoms with E-state index in [1.54, 1.807) is 6.07 Å². The minimum absolute atomic E-state index is 0.104. The summed E-state index contributed by atoms with van der Waals surface area (Å²) in [5.74, 6) is 0. The molecule has 0 bridgehead atoms. The Labute approximate surface area is 102 Å². The molecule has 1 heterocycles. The number of hydrogen-bond acceptors (Lipinski definition) is 5. The van der Waals surface area contributed by atoms with Crippen molar-refractivity contribution >= 4 is 0 Å². The Bertz CT molecular complexity index is 332. The van der Waals surface area contributed by atoms with Crippen LogP contribution in [0.1, 0.15) is 31.2 Å². The summed E-state index contributed by atoms with van der Waals surface area (Å²) in [7, 11) is 0. The highest BCUT2D eigenvalue weighted by molar-refractivity contribution is 5.11. The van der Waals surface area contributed by atoms with Gasteiger partial charge in [-0.15, -0.1) is 0 Å². The summed E-state index contributed by atoms with van der Waals surface area (Å²) < 4.78 is 10.7. The normalized spacial score (nSPS) is 10.5. The lowest BCUT2D eigenvalue weighted by Gasteiger charge is -2.07. The number of aliphatic hydroxyl groups is 1. The predicted octanol–water partition coefficient (Wildman–Crippen LogP) is 1.47. The van der Waals surface area contributed by atoms with E-state index < -0.39 is 0 Å². The first-order valence-electron chi connectivity index (χ1n) is 5.92. The van der Waals surface area contributed by atoms with Crippen molar-refractivity contribution in [2.24, 2.45) is 0 Å². The highest BCUT2D eigenvalue weighted by Crippen LogP contribution is 2.06. The minimum Gasteiger partial charge on any atom is -0.461 e. The molecule has 96 valence electrons. The average molecular weight is 240 g/mol. The predicted molar refractivity (Wildman–Crippen MR) is 63.9 cm³/mol. The first kappa shape index (κ1) is 13.9. The topological polar surface area (TPSA) is 64.5 Å². The van der Waals surface area contributed by atoms with Crippen molar-refractivity contribution in [1.29, 1.82) is 0 Å². The average Bonchev–Trinajstić information content (AvgIpc) is 2.33. The van der Waals surface area contributed by atoms with Gasteiger partial charge in [0.2, 0.25) is 0 Å². The van der Waals surface area contributed by atoms with Crippen molar-refractivity contribution in [3.05, 3.63) is 17.5 Å². The molecule has 0 saturated carbocycles. The third-order valence-corrected chi connectivity index (χ3v) is 2.15. The lowest BCUT2D eigenvalue weighted by Crippen LogP contribution is -2.10. The molecule has 0 radical (unpaired) electrons. The van der Waals surface area contributed by atoms with E-state index in [0.717, 1.165) is 25.1 Å². The third-order valence-electron chi connectivity index (χ3n) is 2.15. The fraction of sp³-hybridized carbons (Fsp3) is 0.667. The van der Waals surface area contributed by atoms with Crippen molar-refractivity contribution in [2.45, 2.75) is 33.3 Å². The standard InChI is InChI=1S/C12H20N2O3/c1-3-4-5-16-6-7-17-12-13-10(2)8-11(9-15)14-12/h8,15H,3-7,9H2,1-2H3. The molecule has 0 aliphatic carbocycles. The van der Waals surface area contributed by atoms with Gasteiger partial charge in [-0.05, 0) is 19.4 Å². The Kier molecular flexibility index (Phi) is 6.50. The maximum Gasteiger partial charge on any atom is 0.316 e. The van der Waals surface area contributed by atoms with Crippen LogP contribution < -0.4 is 4.74 Å². The number of rotatable bonds is 8. The Hall–Kier alpha value is -1.20. The maximum absolute atomic E-state index is 8.98. The molecule has 1 aromatic rings. The molecule has 5 nitrogen and oxygen atoms in total. The maximum atomic E-state index is 8.98. The molecule has 1 aromatic heterocycles. The van der Waals surface area contributed by atoms with Gasteiger partial charge < -0.3 is 14.6 Å². The summed E-state index contributed by atoms with van der Waals surface area (Å²) >= 11 is 0. The molecule has 0 amide bonds. The second-order valence-electron chi connectivity index (χ2n) is 3.76. The number of unbranched alkanes of at least 4 members (excludes halogenated alkanes) is 1. The molecule has 0 aliphatic rings. The van der Waals surface area contributed by atoms with Gasteiger partial charge in [0.15, 0.2) is 0 Å². The molecule has 1 rings (SSSR count). The van der Waals surface area contributed by atoms with E-state index in [-0.39, 0.29) is 6.61 Å². The molecule has 0 aliphatic heterocycles. The van der Waals surface area contributed by atoms with Gasteiger partial charge in [-0.2, -0.15) is 4.98 Å². The molecular formula is C12H20N2O3. The van der Waals surface area contributed by atoms with E-state index >= 15 is 0 Å². The number of hydrogen-bond donors (Lipinski definition) is 1. The quantitative estimate of drug-likeness (QED) is 0.697. The zero-order chi connectivity index (χ0) is 12.5. The summed E-state index contributed by atoms with van der Waals surface area (Å²) in [5, 5.41) is 8.98. The van der Waals surface area contributed by atoms with Gasteiger partial charge in [0.25, 0.3) is 0 Å². The highest BCUT2D eigenvalue weighted by atomic mass is 16.5. The van der Waals surface area contributed by atoms with Crippen molar-refractivity contribution in [2.75, 3.05) is 19.8 Å². The first-order valence-corrected chi connectivity index (χ1v) is 5.92. The Morgan fingerprint density at radius 3 is 2.76 bits per heavy atom. The molecule has 5 heteroatoms. The Morgan fingerprint density at radius 2 is 2.06 bits per heavy atom. The summed E-state index contributed by atoms with van der Waals surface area (Å²) in [6, 6.07) is 2.03. The van der Waals surface area contributed by atoms with E-state index in [4.69, 9.17) is 14.6 Å². The summed E-state index contributed by atoms with van der Waals surface area (Å²) in [4.78, 5) is 8.16. The van der Waals surface area contributed by atoms with E-state index in [2.05, 4.69) is 16.9 Å². The van der Waals surface area contributed by atoms with Crippen LogP contribution in [0.2, 0.25) is 0 Å². The van der Waals surface area contributed by atoms with Gasteiger partial charge >= 0.3 is 6.01 Å². The van der Waals surface area contributed by atoms with Crippen LogP contribution >= 0.6 is 0 Å². The second-order valence-corrected chi connectivity index (χ2v) is 3.76. The van der Waals surface area contributed by atoms with Gasteiger partial charge in [-0.3, -0.25) is 0 Å². The van der Waals surface area contributed by atoms with E-state index in [9.17, 15) is 0 Å². The molecule has 0 aromatic carbocycles. The zero-order valence-electron chi connectivity index (χ0n) is 10.5. The molecule has 0 unspecified atom stereocenters. The van der Waals surface area contributed by atoms with Crippen molar-refractivity contribution < 1.29 is 14.6 Å². The van der Waals surface area contributed by atoms with Gasteiger partial charge in [0.1, 0.15) is 6.61 Å². The fourth-order valence-corrected chi connectivity index (χ4v) is 1.29. The fourth-order valence-electron chi connectivity index (χ4n) is 1.29. The van der Waals surface area contributed by atoms with Crippen LogP contribution in [0, 0.1) is 6.92 Å². The summed E-state index contributed by atoms with van der Waals surface area (Å²) in [5.41, 5.74) is 1.35. The molecule has 0 atom stereocenters. The first-order chi connectivity index (χ1) is 8.26. The van der Waals surface area contributed by atoms with Gasteiger partial charge in [0.05, 0.1) is 18.9 Å². The van der Waals surface area contributed by atoms with Crippen LogP contribution in [0.5, 0.6) is 6.01 Å². The second kappa shape index (κ2) is 7.97. The molecule has 0 spiro atoms. The molecule has 17 heavy (non-hydrogen) atoms. The van der Waals surface area contributed by atoms with Gasteiger partial charge in [-0.1, -0.05) is 13.3 Å². The van der Waals surface area contributed by atoms with E-state index in [0.29, 0.717) is 24.9 Å². The smallest absolute Gasteiger partial charge is 0.316 e. The number of aryl methyl sites for hydroxylation is 1. The molecule has 0 fully saturated rings. The minimum atomic E-state index is -0.104. The van der Waals surface area contributed by atoms with Crippen molar-refractivity contribution in [3.63, 3.8) is 0 Å². The number of ether oxygens (including phenoxy) is 2. The van der Waals surface area contributed by atoms with Crippen molar-refractivity contribution in [1.82, 2.24) is 9.97 Å². The summed E-state index contributed by atoms with van der Waals surface area (Å²) in [6.45, 7) is 5.58. The highest BCUT2D eigenvalue weighted by Gasteiger charge is 2.02. The number of aliphatic hydroxyl groups excluding tert-OH is 1. The lowest BCUT2D eigenvalue weighted by molar-refractivity contribution is 0.0944. The zero-order valence-corrected chi connectivity index (χ0v) is 10.5. The SMILES string of the molecule is CCCCOCCOc1nc(C)cc(CO)n1. The van der Waals surface area contributed by atoms with Crippen LogP contribution in [-0.4, -0.2) is 34.9 Å². The molecule has 1 N–H and O–H groups in total.